The Labute approximate surface area is 120 Å². The maximum atomic E-state index is 13.8. The Balaban J connectivity index is 1.95. The number of carbonyl (C=O) groups excluding carboxylic acids is 2. The summed E-state index contributed by atoms with van der Waals surface area (Å²) in [6.07, 6.45) is -4.66. The van der Waals surface area contributed by atoms with Gasteiger partial charge in [0, 0.05) is 0 Å². The van der Waals surface area contributed by atoms with E-state index < -0.39 is 36.0 Å². The van der Waals surface area contributed by atoms with Crippen molar-refractivity contribution in [2.75, 3.05) is 4.90 Å². The molecule has 114 valence electrons. The van der Waals surface area contributed by atoms with Gasteiger partial charge in [-0.05, 0) is 24.3 Å². The lowest BCUT2D eigenvalue weighted by atomic mass is 10.1. The van der Waals surface area contributed by atoms with Crippen LogP contribution in [0.4, 0.5) is 23.2 Å². The van der Waals surface area contributed by atoms with Crippen LogP contribution in [0.1, 0.15) is 21.9 Å². The lowest BCUT2D eigenvalue weighted by Gasteiger charge is -2.15. The number of furan rings is 1. The summed E-state index contributed by atoms with van der Waals surface area (Å²) in [5, 5.41) is 0. The quantitative estimate of drug-likeness (QED) is 0.632. The molecule has 1 aliphatic heterocycles. The summed E-state index contributed by atoms with van der Waals surface area (Å²) in [6.45, 7) is -0.464. The molecule has 0 fully saturated rings. The third-order valence-electron chi connectivity index (χ3n) is 3.20. The average Bonchev–Trinajstić information content (AvgIpc) is 3.00. The number of hydrogen-bond donors (Lipinski definition) is 0. The van der Waals surface area contributed by atoms with E-state index in [-0.39, 0.29) is 17.0 Å². The van der Waals surface area contributed by atoms with Gasteiger partial charge in [-0.1, -0.05) is 6.07 Å². The van der Waals surface area contributed by atoms with Crippen LogP contribution in [0.3, 0.4) is 0 Å². The third-order valence-corrected chi connectivity index (χ3v) is 3.20. The van der Waals surface area contributed by atoms with Gasteiger partial charge in [-0.25, -0.2) is 4.39 Å². The van der Waals surface area contributed by atoms with E-state index >= 15 is 0 Å². The fourth-order valence-electron chi connectivity index (χ4n) is 2.23. The molecule has 2 aromatic rings. The van der Waals surface area contributed by atoms with Crippen molar-refractivity contribution in [3.05, 3.63) is 53.2 Å². The molecule has 0 saturated heterocycles. The van der Waals surface area contributed by atoms with Crippen molar-refractivity contribution in [2.24, 2.45) is 0 Å². The molecule has 0 saturated carbocycles. The Morgan fingerprint density at radius 1 is 1.09 bits per heavy atom. The number of alkyl halides is 3. The number of benzene rings is 1. The van der Waals surface area contributed by atoms with Crippen LogP contribution in [0.2, 0.25) is 0 Å². The van der Waals surface area contributed by atoms with Crippen molar-refractivity contribution < 1.29 is 31.6 Å². The van der Waals surface area contributed by atoms with Gasteiger partial charge in [-0.15, -0.1) is 0 Å². The van der Waals surface area contributed by atoms with Crippen molar-refractivity contribution in [3.8, 4) is 0 Å². The zero-order valence-corrected chi connectivity index (χ0v) is 10.8. The number of amides is 1. The van der Waals surface area contributed by atoms with Crippen LogP contribution in [0.15, 0.2) is 34.7 Å². The van der Waals surface area contributed by atoms with Gasteiger partial charge in [0.25, 0.3) is 11.7 Å². The zero-order chi connectivity index (χ0) is 16.1. The Bertz CT molecular complexity index is 779. The van der Waals surface area contributed by atoms with Gasteiger partial charge in [-0.3, -0.25) is 14.5 Å². The van der Waals surface area contributed by atoms with Crippen molar-refractivity contribution in [1.29, 1.82) is 0 Å². The summed E-state index contributed by atoms with van der Waals surface area (Å²) >= 11 is 0. The molecule has 0 atom stereocenters. The van der Waals surface area contributed by atoms with E-state index in [9.17, 15) is 27.2 Å². The number of hydrogen-bond acceptors (Lipinski definition) is 3. The maximum absolute atomic E-state index is 13.8. The van der Waals surface area contributed by atoms with E-state index in [1.807, 2.05) is 0 Å². The van der Waals surface area contributed by atoms with Crippen LogP contribution in [0.5, 0.6) is 0 Å². The van der Waals surface area contributed by atoms with Crippen LogP contribution < -0.4 is 4.90 Å². The van der Waals surface area contributed by atoms with E-state index in [2.05, 4.69) is 4.42 Å². The van der Waals surface area contributed by atoms with Crippen LogP contribution in [-0.4, -0.2) is 11.7 Å². The van der Waals surface area contributed by atoms with Crippen LogP contribution in [0, 0.1) is 5.82 Å². The molecule has 0 spiro atoms. The summed E-state index contributed by atoms with van der Waals surface area (Å²) in [7, 11) is 0. The lowest BCUT2D eigenvalue weighted by Crippen LogP contribution is -2.29. The maximum Gasteiger partial charge on any atom is 0.449 e. The first-order valence-electron chi connectivity index (χ1n) is 6.09. The smallest absolute Gasteiger partial charge is 0.449 e. The van der Waals surface area contributed by atoms with Crippen LogP contribution in [0.25, 0.3) is 0 Å². The van der Waals surface area contributed by atoms with Crippen molar-refractivity contribution in [1.82, 2.24) is 0 Å². The first-order chi connectivity index (χ1) is 10.3. The monoisotopic (exact) mass is 313 g/mol. The number of halogens is 4. The van der Waals surface area contributed by atoms with Gasteiger partial charge in [0.2, 0.25) is 5.76 Å². The molecule has 2 heterocycles. The molecular formula is C14H7F4NO3. The molecule has 3 rings (SSSR count). The van der Waals surface area contributed by atoms with Gasteiger partial charge in [0.15, 0.2) is 0 Å². The Hall–Kier alpha value is -2.64. The molecule has 1 aromatic heterocycles. The Morgan fingerprint density at radius 3 is 2.45 bits per heavy atom. The minimum absolute atomic E-state index is 0.118. The van der Waals surface area contributed by atoms with Gasteiger partial charge >= 0.3 is 6.18 Å². The molecule has 1 aromatic carbocycles. The summed E-state index contributed by atoms with van der Waals surface area (Å²) in [6, 6.07) is 5.35. The molecule has 22 heavy (non-hydrogen) atoms. The number of Topliss-reactive ketones (excluding diaryl/α,β-unsaturated/α-hetero) is 1. The molecule has 8 heteroatoms. The van der Waals surface area contributed by atoms with E-state index in [0.29, 0.717) is 6.07 Å². The lowest BCUT2D eigenvalue weighted by molar-refractivity contribution is -0.153. The van der Waals surface area contributed by atoms with E-state index in [1.165, 1.54) is 12.1 Å². The molecule has 4 nitrogen and oxygen atoms in total. The molecular weight excluding hydrogens is 306 g/mol. The van der Waals surface area contributed by atoms with E-state index in [1.54, 1.807) is 0 Å². The summed E-state index contributed by atoms with van der Waals surface area (Å²) in [5.41, 5.74) is -0.366. The number of para-hydroxylation sites is 1. The molecule has 0 N–H and O–H groups in total. The third kappa shape index (κ3) is 2.16. The van der Waals surface area contributed by atoms with Gasteiger partial charge in [-0.2, -0.15) is 13.2 Å². The topological polar surface area (TPSA) is 50.5 Å². The number of nitrogens with zero attached hydrogens (tertiary/aromatic N) is 1. The molecule has 1 amide bonds. The number of anilines is 1. The molecule has 0 bridgehead atoms. The van der Waals surface area contributed by atoms with Gasteiger partial charge in [0.1, 0.15) is 11.6 Å². The molecule has 0 radical (unpaired) electrons. The zero-order valence-electron chi connectivity index (χ0n) is 10.8. The van der Waals surface area contributed by atoms with Gasteiger partial charge < -0.3 is 4.42 Å². The highest BCUT2D eigenvalue weighted by molar-refractivity contribution is 6.52. The van der Waals surface area contributed by atoms with E-state index in [4.69, 9.17) is 0 Å². The highest BCUT2D eigenvalue weighted by Crippen LogP contribution is 2.35. The largest absolute Gasteiger partial charge is 0.455 e. The average molecular weight is 313 g/mol. The van der Waals surface area contributed by atoms with Crippen molar-refractivity contribution >= 4 is 17.4 Å². The van der Waals surface area contributed by atoms with Crippen molar-refractivity contribution in [3.63, 3.8) is 0 Å². The Morgan fingerprint density at radius 2 is 1.82 bits per heavy atom. The predicted octanol–water partition coefficient (Wildman–Crippen LogP) is 3.17. The Kier molecular flexibility index (Phi) is 3.05. The summed E-state index contributed by atoms with van der Waals surface area (Å²) in [4.78, 5) is 24.4. The highest BCUT2D eigenvalue weighted by atomic mass is 19.4. The second kappa shape index (κ2) is 4.69. The number of fused-ring (bicyclic) bond motifs is 1. The fraction of sp³-hybridized carbons (Fsp3) is 0.143. The first-order valence-corrected chi connectivity index (χ1v) is 6.09. The van der Waals surface area contributed by atoms with E-state index in [0.717, 1.165) is 17.0 Å². The predicted molar refractivity (Wildman–Crippen MR) is 65.6 cm³/mol. The van der Waals surface area contributed by atoms with Gasteiger partial charge in [0.05, 0.1) is 17.8 Å². The normalized spacial score (nSPS) is 14.6. The minimum Gasteiger partial charge on any atom is -0.455 e. The molecule has 1 aliphatic rings. The standard InChI is InChI=1S/C14H7F4NO3/c15-9-3-1-2-8-11(9)19(13(21)12(8)20)6-7-4-5-10(22-7)14(16,17)18/h1-5H,6H2. The SMILES string of the molecule is O=C1C(=O)N(Cc2ccc(C(F)(F)F)o2)c2c(F)cccc21. The number of carbonyl (C=O) groups is 2. The summed E-state index contributed by atoms with van der Waals surface area (Å²) < 4.78 is 55.8. The molecule has 0 aliphatic carbocycles. The molecule has 0 unspecified atom stereocenters. The second-order valence-corrected chi connectivity index (χ2v) is 4.62. The minimum atomic E-state index is -4.66. The number of rotatable bonds is 2. The number of ketones is 1. The highest BCUT2D eigenvalue weighted by Gasteiger charge is 2.39. The summed E-state index contributed by atoms with van der Waals surface area (Å²) in [5.74, 6) is -4.15. The van der Waals surface area contributed by atoms with Crippen molar-refractivity contribution in [2.45, 2.75) is 12.7 Å². The fourth-order valence-corrected chi connectivity index (χ4v) is 2.23. The van der Waals surface area contributed by atoms with Crippen LogP contribution in [-0.2, 0) is 17.5 Å². The van der Waals surface area contributed by atoms with Crippen LogP contribution >= 0.6 is 0 Å². The first kappa shape index (κ1) is 14.3. The second-order valence-electron chi connectivity index (χ2n) is 4.62.